The van der Waals surface area contributed by atoms with Crippen LogP contribution in [0.5, 0.6) is 5.75 Å². The van der Waals surface area contributed by atoms with Crippen molar-refractivity contribution in [3.8, 4) is 11.4 Å². The average Bonchev–Trinajstić information content (AvgIpc) is 2.92. The van der Waals surface area contributed by atoms with E-state index in [0.29, 0.717) is 37.9 Å². The van der Waals surface area contributed by atoms with Crippen LogP contribution in [0.3, 0.4) is 0 Å². The van der Waals surface area contributed by atoms with Crippen molar-refractivity contribution in [2.24, 2.45) is 5.73 Å². The second-order valence-electron chi connectivity index (χ2n) is 6.17. The molecule has 7 nitrogen and oxygen atoms in total. The predicted molar refractivity (Wildman–Crippen MR) is 106 cm³/mol. The summed E-state index contributed by atoms with van der Waals surface area (Å²) in [5.74, 6) is -0.928. The molecule has 0 spiro atoms. The molecule has 9 heteroatoms. The van der Waals surface area contributed by atoms with Crippen LogP contribution >= 0.6 is 23.2 Å². The average molecular weight is 425 g/mol. The van der Waals surface area contributed by atoms with Crippen LogP contribution in [0.1, 0.15) is 17.4 Å². The first-order chi connectivity index (χ1) is 13.2. The molecule has 0 bridgehead atoms. The van der Waals surface area contributed by atoms with E-state index in [0.717, 1.165) is 0 Å². The van der Waals surface area contributed by atoms with E-state index >= 15 is 0 Å². The number of rotatable bonds is 6. The van der Waals surface area contributed by atoms with Crippen molar-refractivity contribution in [3.63, 3.8) is 0 Å². The Morgan fingerprint density at radius 2 is 1.79 bits per heavy atom. The summed E-state index contributed by atoms with van der Waals surface area (Å²) in [5.41, 5.74) is 7.37. The fraction of sp³-hybridized carbons (Fsp3) is 0.211. The van der Waals surface area contributed by atoms with Crippen molar-refractivity contribution in [1.29, 1.82) is 0 Å². The lowest BCUT2D eigenvalue weighted by Crippen LogP contribution is -2.28. The Bertz CT molecular complexity index is 1030. The third kappa shape index (κ3) is 3.55. The van der Waals surface area contributed by atoms with Crippen LogP contribution < -0.4 is 10.5 Å². The van der Waals surface area contributed by atoms with Gasteiger partial charge in [-0.25, -0.2) is 4.79 Å². The molecule has 0 aliphatic rings. The highest BCUT2D eigenvalue weighted by molar-refractivity contribution is 6.38. The zero-order chi connectivity index (χ0) is 20.6. The summed E-state index contributed by atoms with van der Waals surface area (Å²) in [4.78, 5) is 10.9. The van der Waals surface area contributed by atoms with Crippen molar-refractivity contribution < 1.29 is 24.9 Å². The Balaban J connectivity index is 2.39. The van der Waals surface area contributed by atoms with Gasteiger partial charge < -0.3 is 30.4 Å². The van der Waals surface area contributed by atoms with Crippen molar-refractivity contribution in [1.82, 2.24) is 4.57 Å². The highest BCUT2D eigenvalue weighted by atomic mass is 35.5. The van der Waals surface area contributed by atoms with Crippen LogP contribution in [0.2, 0.25) is 10.0 Å². The second kappa shape index (κ2) is 7.98. The van der Waals surface area contributed by atoms with Gasteiger partial charge in [0.25, 0.3) is 0 Å². The number of nitrogens with two attached hydrogens (primary N) is 1. The Hall–Kier alpha value is -2.29. The van der Waals surface area contributed by atoms with Gasteiger partial charge in [-0.3, -0.25) is 0 Å². The van der Waals surface area contributed by atoms with E-state index in [1.165, 1.54) is 0 Å². The monoisotopic (exact) mass is 424 g/mol. The minimum Gasteiger partial charge on any atom is -0.481 e. The van der Waals surface area contributed by atoms with Gasteiger partial charge in [-0.1, -0.05) is 35.3 Å². The van der Waals surface area contributed by atoms with E-state index in [2.05, 4.69) is 0 Å². The SMILES string of the molecule is Cc1c(C(O)C(N)O)c2c(OCC(=O)O)cccc2n1-c1c(Cl)cccc1Cl. The molecule has 2 aromatic carbocycles. The van der Waals surface area contributed by atoms with Gasteiger partial charge in [0.1, 0.15) is 18.1 Å². The van der Waals surface area contributed by atoms with Gasteiger partial charge in [-0.05, 0) is 31.2 Å². The van der Waals surface area contributed by atoms with E-state index in [9.17, 15) is 15.0 Å². The van der Waals surface area contributed by atoms with E-state index in [4.69, 9.17) is 38.8 Å². The van der Waals surface area contributed by atoms with Gasteiger partial charge in [0, 0.05) is 16.6 Å². The maximum Gasteiger partial charge on any atom is 0.341 e. The summed E-state index contributed by atoms with van der Waals surface area (Å²) in [6.45, 7) is 1.14. The summed E-state index contributed by atoms with van der Waals surface area (Å²) < 4.78 is 7.12. The first-order valence-electron chi connectivity index (χ1n) is 8.28. The number of carboxylic acid groups (broad SMARTS) is 1. The molecule has 148 valence electrons. The van der Waals surface area contributed by atoms with Crippen molar-refractivity contribution >= 4 is 40.1 Å². The first kappa shape index (κ1) is 20.4. The van der Waals surface area contributed by atoms with E-state index in [1.54, 1.807) is 47.9 Å². The Kier molecular flexibility index (Phi) is 5.83. The van der Waals surface area contributed by atoms with E-state index < -0.39 is 24.9 Å². The molecular weight excluding hydrogens is 407 g/mol. The molecule has 0 saturated carbocycles. The van der Waals surface area contributed by atoms with Gasteiger partial charge in [-0.15, -0.1) is 0 Å². The maximum atomic E-state index is 10.9. The normalized spacial score (nSPS) is 13.5. The van der Waals surface area contributed by atoms with Gasteiger partial charge in [-0.2, -0.15) is 0 Å². The lowest BCUT2D eigenvalue weighted by molar-refractivity contribution is -0.139. The van der Waals surface area contributed by atoms with Gasteiger partial charge in [0.15, 0.2) is 6.61 Å². The number of para-hydroxylation sites is 1. The van der Waals surface area contributed by atoms with Gasteiger partial charge >= 0.3 is 5.97 Å². The zero-order valence-corrected chi connectivity index (χ0v) is 16.3. The number of carbonyl (C=O) groups is 1. The molecule has 0 radical (unpaired) electrons. The molecule has 3 aromatic rings. The molecule has 28 heavy (non-hydrogen) atoms. The number of hydrogen-bond acceptors (Lipinski definition) is 5. The number of aromatic nitrogens is 1. The standard InChI is InChI=1S/C19H18Cl2N2O5/c1-9-15(18(26)19(22)27)16-12(6-3-7-13(16)28-8-14(24)25)23(9)17-10(20)4-2-5-11(17)21/h2-7,18-19,26-27H,8,22H2,1H3,(H,24,25). The molecule has 5 N–H and O–H groups in total. The molecule has 0 aliphatic heterocycles. The Labute approximate surface area is 170 Å². The van der Waals surface area contributed by atoms with Crippen LogP contribution in [0.15, 0.2) is 36.4 Å². The quantitative estimate of drug-likeness (QED) is 0.451. The zero-order valence-electron chi connectivity index (χ0n) is 14.8. The van der Waals surface area contributed by atoms with Crippen LogP contribution in [0.25, 0.3) is 16.6 Å². The Morgan fingerprint density at radius 3 is 2.36 bits per heavy atom. The predicted octanol–water partition coefficient (Wildman–Crippen LogP) is 3.02. The fourth-order valence-electron chi connectivity index (χ4n) is 3.24. The van der Waals surface area contributed by atoms with Crippen molar-refractivity contribution in [2.75, 3.05) is 6.61 Å². The summed E-state index contributed by atoms with van der Waals surface area (Å²) in [6.07, 6.45) is -3.01. The molecule has 1 heterocycles. The lowest BCUT2D eigenvalue weighted by Gasteiger charge is -2.16. The second-order valence-corrected chi connectivity index (χ2v) is 6.99. The van der Waals surface area contributed by atoms with E-state index in [1.807, 2.05) is 0 Å². The van der Waals surface area contributed by atoms with Gasteiger partial charge in [0.2, 0.25) is 0 Å². The highest BCUT2D eigenvalue weighted by Gasteiger charge is 2.28. The highest BCUT2D eigenvalue weighted by Crippen LogP contribution is 2.42. The number of halogens is 2. The van der Waals surface area contributed by atoms with Crippen LogP contribution in [0, 0.1) is 6.92 Å². The number of aliphatic hydroxyl groups is 2. The third-order valence-electron chi connectivity index (χ3n) is 4.37. The summed E-state index contributed by atoms with van der Waals surface area (Å²) >= 11 is 12.8. The lowest BCUT2D eigenvalue weighted by atomic mass is 10.0. The summed E-state index contributed by atoms with van der Waals surface area (Å²) in [6, 6.07) is 10.0. The number of carboxylic acids is 1. The van der Waals surface area contributed by atoms with Crippen LogP contribution in [-0.2, 0) is 4.79 Å². The maximum absolute atomic E-state index is 10.9. The number of aliphatic carboxylic acids is 1. The smallest absolute Gasteiger partial charge is 0.341 e. The molecule has 0 fully saturated rings. The molecule has 1 aromatic heterocycles. The molecule has 0 saturated heterocycles. The number of hydrogen-bond donors (Lipinski definition) is 4. The molecule has 3 rings (SSSR count). The minimum atomic E-state index is -1.56. The van der Waals surface area contributed by atoms with Crippen molar-refractivity contribution in [3.05, 3.63) is 57.7 Å². The van der Waals surface area contributed by atoms with Crippen molar-refractivity contribution in [2.45, 2.75) is 19.3 Å². The van der Waals surface area contributed by atoms with E-state index in [-0.39, 0.29) is 5.75 Å². The first-order valence-corrected chi connectivity index (χ1v) is 9.04. The topological polar surface area (TPSA) is 118 Å². The van der Waals surface area contributed by atoms with Gasteiger partial charge in [0.05, 0.1) is 21.2 Å². The molecule has 2 unspecified atom stereocenters. The number of nitrogens with zero attached hydrogens (tertiary/aromatic N) is 1. The summed E-state index contributed by atoms with van der Waals surface area (Å²) in [5, 5.41) is 30.4. The minimum absolute atomic E-state index is 0.222. The number of benzene rings is 2. The fourth-order valence-corrected chi connectivity index (χ4v) is 3.81. The summed E-state index contributed by atoms with van der Waals surface area (Å²) in [7, 11) is 0. The third-order valence-corrected chi connectivity index (χ3v) is 4.98. The molecule has 0 aliphatic carbocycles. The van der Waals surface area contributed by atoms with Crippen LogP contribution in [0.4, 0.5) is 0 Å². The van der Waals surface area contributed by atoms with Crippen LogP contribution in [-0.4, -0.2) is 38.7 Å². The Morgan fingerprint density at radius 1 is 1.18 bits per heavy atom. The molecule has 0 amide bonds. The molecule has 2 atom stereocenters. The number of ether oxygens (including phenoxy) is 1. The largest absolute Gasteiger partial charge is 0.481 e. The number of fused-ring (bicyclic) bond motifs is 1. The molecular formula is C19H18Cl2N2O5. The number of aliphatic hydroxyl groups excluding tert-OH is 2.